The summed E-state index contributed by atoms with van der Waals surface area (Å²) in [5.74, 6) is 0. The molecule has 0 heterocycles. The van der Waals surface area contributed by atoms with Gasteiger partial charge in [0.2, 0.25) is 0 Å². The summed E-state index contributed by atoms with van der Waals surface area (Å²) < 4.78 is 37.9. The van der Waals surface area contributed by atoms with Crippen molar-refractivity contribution in [2.24, 2.45) is 0 Å². The molecule has 1 unspecified atom stereocenters. The van der Waals surface area contributed by atoms with Crippen LogP contribution in [0.4, 0.5) is 13.2 Å². The molecule has 0 aliphatic rings. The number of benzene rings is 2. The van der Waals surface area contributed by atoms with Crippen LogP contribution in [0.15, 0.2) is 48.5 Å². The van der Waals surface area contributed by atoms with Crippen LogP contribution in [-0.2, 0) is 12.7 Å². The first-order valence-corrected chi connectivity index (χ1v) is 6.89. The predicted molar refractivity (Wildman–Crippen MR) is 78.2 cm³/mol. The highest BCUT2D eigenvalue weighted by atomic mass is 35.5. The lowest BCUT2D eigenvalue weighted by Gasteiger charge is -2.15. The summed E-state index contributed by atoms with van der Waals surface area (Å²) in [6.45, 7) is 2.32. The standard InChI is InChI=1S/C16H15ClF3N/c1-11(13-5-7-15(17)8-6-13)21-10-12-3-2-4-14(9-12)16(18,19)20/h2-9,11,21H,10H2,1H3. The molecular weight excluding hydrogens is 299 g/mol. The molecule has 1 N–H and O–H groups in total. The molecule has 1 nitrogen and oxygen atoms in total. The molecule has 2 rings (SSSR count). The van der Waals surface area contributed by atoms with Crippen LogP contribution in [-0.4, -0.2) is 0 Å². The van der Waals surface area contributed by atoms with E-state index >= 15 is 0 Å². The van der Waals surface area contributed by atoms with E-state index in [0.717, 1.165) is 11.6 Å². The zero-order chi connectivity index (χ0) is 15.5. The second kappa shape index (κ2) is 6.50. The lowest BCUT2D eigenvalue weighted by atomic mass is 10.1. The maximum absolute atomic E-state index is 12.6. The van der Waals surface area contributed by atoms with Crippen molar-refractivity contribution in [3.8, 4) is 0 Å². The van der Waals surface area contributed by atoms with E-state index in [1.807, 2.05) is 19.1 Å². The minimum absolute atomic E-state index is 0.0248. The summed E-state index contributed by atoms with van der Waals surface area (Å²) in [6, 6.07) is 12.7. The highest BCUT2D eigenvalue weighted by Crippen LogP contribution is 2.29. The molecule has 1 atom stereocenters. The van der Waals surface area contributed by atoms with Crippen molar-refractivity contribution in [3.63, 3.8) is 0 Å². The Bertz CT molecular complexity index is 593. The molecule has 5 heteroatoms. The molecule has 0 spiro atoms. The molecule has 112 valence electrons. The van der Waals surface area contributed by atoms with Gasteiger partial charge in [0.05, 0.1) is 5.56 Å². The van der Waals surface area contributed by atoms with E-state index in [1.54, 1.807) is 18.2 Å². The minimum Gasteiger partial charge on any atom is -0.306 e. The van der Waals surface area contributed by atoms with Crippen LogP contribution in [0.25, 0.3) is 0 Å². The largest absolute Gasteiger partial charge is 0.416 e. The third-order valence-corrected chi connectivity index (χ3v) is 3.49. The van der Waals surface area contributed by atoms with E-state index in [0.29, 0.717) is 17.1 Å². The summed E-state index contributed by atoms with van der Waals surface area (Å²) in [4.78, 5) is 0. The van der Waals surface area contributed by atoms with Crippen molar-refractivity contribution in [1.29, 1.82) is 0 Å². The smallest absolute Gasteiger partial charge is 0.306 e. The molecule has 2 aromatic rings. The summed E-state index contributed by atoms with van der Waals surface area (Å²) in [6.07, 6.45) is -4.31. The van der Waals surface area contributed by atoms with Gasteiger partial charge in [0.15, 0.2) is 0 Å². The van der Waals surface area contributed by atoms with Gasteiger partial charge in [-0.2, -0.15) is 13.2 Å². The predicted octanol–water partition coefficient (Wildman–Crippen LogP) is 5.21. The van der Waals surface area contributed by atoms with Gasteiger partial charge in [-0.1, -0.05) is 41.9 Å². The zero-order valence-corrected chi connectivity index (χ0v) is 12.2. The molecule has 2 aromatic carbocycles. The van der Waals surface area contributed by atoms with E-state index < -0.39 is 11.7 Å². The Morgan fingerprint density at radius 1 is 1.10 bits per heavy atom. The van der Waals surface area contributed by atoms with Gasteiger partial charge >= 0.3 is 6.18 Å². The Hall–Kier alpha value is -1.52. The molecule has 0 radical (unpaired) electrons. The van der Waals surface area contributed by atoms with Crippen LogP contribution in [0.3, 0.4) is 0 Å². The van der Waals surface area contributed by atoms with E-state index in [-0.39, 0.29) is 6.04 Å². The second-order valence-corrected chi connectivity index (χ2v) is 5.29. The molecule has 21 heavy (non-hydrogen) atoms. The van der Waals surface area contributed by atoms with Gasteiger partial charge in [0.1, 0.15) is 0 Å². The van der Waals surface area contributed by atoms with Crippen molar-refractivity contribution in [3.05, 3.63) is 70.2 Å². The van der Waals surface area contributed by atoms with E-state index in [9.17, 15) is 13.2 Å². The molecule has 0 saturated heterocycles. The molecule has 0 amide bonds. The van der Waals surface area contributed by atoms with E-state index in [4.69, 9.17) is 11.6 Å². The number of rotatable bonds is 4. The average molecular weight is 314 g/mol. The summed E-state index contributed by atoms with van der Waals surface area (Å²) in [5, 5.41) is 3.86. The first-order chi connectivity index (χ1) is 9.86. The fourth-order valence-corrected chi connectivity index (χ4v) is 2.12. The quantitative estimate of drug-likeness (QED) is 0.817. The van der Waals surface area contributed by atoms with Crippen LogP contribution < -0.4 is 5.32 Å². The fraction of sp³-hybridized carbons (Fsp3) is 0.250. The Morgan fingerprint density at radius 2 is 1.76 bits per heavy atom. The Labute approximate surface area is 126 Å². The molecule has 0 aliphatic heterocycles. The van der Waals surface area contributed by atoms with Crippen molar-refractivity contribution < 1.29 is 13.2 Å². The lowest BCUT2D eigenvalue weighted by Crippen LogP contribution is -2.18. The Balaban J connectivity index is 2.01. The lowest BCUT2D eigenvalue weighted by molar-refractivity contribution is -0.137. The van der Waals surface area contributed by atoms with Crippen LogP contribution in [0.1, 0.15) is 29.7 Å². The monoisotopic (exact) mass is 313 g/mol. The summed E-state index contributed by atoms with van der Waals surface area (Å²) in [7, 11) is 0. The van der Waals surface area contributed by atoms with Crippen molar-refractivity contribution in [1.82, 2.24) is 5.32 Å². The number of hydrogen-bond acceptors (Lipinski definition) is 1. The highest BCUT2D eigenvalue weighted by molar-refractivity contribution is 6.30. The minimum atomic E-state index is -4.31. The van der Waals surface area contributed by atoms with Crippen LogP contribution in [0, 0.1) is 0 Å². The maximum atomic E-state index is 12.6. The molecule has 0 aliphatic carbocycles. The van der Waals surface area contributed by atoms with Crippen LogP contribution in [0.5, 0.6) is 0 Å². The van der Waals surface area contributed by atoms with Crippen LogP contribution >= 0.6 is 11.6 Å². The number of nitrogens with one attached hydrogen (secondary N) is 1. The summed E-state index contributed by atoms with van der Waals surface area (Å²) >= 11 is 5.82. The normalized spacial score (nSPS) is 13.2. The SMILES string of the molecule is CC(NCc1cccc(C(F)(F)F)c1)c1ccc(Cl)cc1. The number of hydrogen-bond donors (Lipinski definition) is 1. The first kappa shape index (κ1) is 15.9. The zero-order valence-electron chi connectivity index (χ0n) is 11.4. The third-order valence-electron chi connectivity index (χ3n) is 3.24. The molecule has 0 bridgehead atoms. The van der Waals surface area contributed by atoms with Crippen molar-refractivity contribution in [2.45, 2.75) is 25.7 Å². The molecule has 0 saturated carbocycles. The second-order valence-electron chi connectivity index (χ2n) is 4.85. The Morgan fingerprint density at radius 3 is 2.38 bits per heavy atom. The van der Waals surface area contributed by atoms with Gasteiger partial charge in [-0.15, -0.1) is 0 Å². The van der Waals surface area contributed by atoms with Crippen molar-refractivity contribution >= 4 is 11.6 Å². The van der Waals surface area contributed by atoms with E-state index in [1.165, 1.54) is 12.1 Å². The van der Waals surface area contributed by atoms with Crippen LogP contribution in [0.2, 0.25) is 5.02 Å². The van der Waals surface area contributed by atoms with Gasteiger partial charge in [0, 0.05) is 17.6 Å². The number of alkyl halides is 3. The van der Waals surface area contributed by atoms with Gasteiger partial charge in [-0.3, -0.25) is 0 Å². The maximum Gasteiger partial charge on any atom is 0.416 e. The summed E-state index contributed by atoms with van der Waals surface area (Å²) in [5.41, 5.74) is 1.01. The topological polar surface area (TPSA) is 12.0 Å². The highest BCUT2D eigenvalue weighted by Gasteiger charge is 2.30. The van der Waals surface area contributed by atoms with Gasteiger partial charge in [-0.25, -0.2) is 0 Å². The fourth-order valence-electron chi connectivity index (χ4n) is 2.00. The first-order valence-electron chi connectivity index (χ1n) is 6.51. The average Bonchev–Trinajstić information content (AvgIpc) is 2.45. The van der Waals surface area contributed by atoms with Gasteiger partial charge in [0.25, 0.3) is 0 Å². The van der Waals surface area contributed by atoms with Gasteiger partial charge < -0.3 is 5.32 Å². The Kier molecular flexibility index (Phi) is 4.91. The third kappa shape index (κ3) is 4.48. The van der Waals surface area contributed by atoms with Gasteiger partial charge in [-0.05, 0) is 36.2 Å². The molecule has 0 aromatic heterocycles. The van der Waals surface area contributed by atoms with E-state index in [2.05, 4.69) is 5.32 Å². The molecular formula is C16H15ClF3N. The van der Waals surface area contributed by atoms with Crippen molar-refractivity contribution in [2.75, 3.05) is 0 Å². The number of halogens is 4. The molecule has 0 fully saturated rings.